The lowest BCUT2D eigenvalue weighted by atomic mass is 9.76. The molecular formula is C16H24O4. The molecule has 112 valence electrons. The van der Waals surface area contributed by atoms with Gasteiger partial charge < -0.3 is 19.3 Å². The molecule has 1 heterocycles. The third kappa shape index (κ3) is 2.27. The third-order valence-electron chi connectivity index (χ3n) is 4.06. The molecule has 1 saturated heterocycles. The van der Waals surface area contributed by atoms with Crippen LogP contribution in [0.1, 0.15) is 39.7 Å². The smallest absolute Gasteiger partial charge is 0.125 e. The van der Waals surface area contributed by atoms with E-state index in [1.807, 2.05) is 45.9 Å². The fourth-order valence-corrected chi connectivity index (χ4v) is 3.20. The van der Waals surface area contributed by atoms with Crippen molar-refractivity contribution in [1.29, 1.82) is 0 Å². The predicted molar refractivity (Wildman–Crippen MR) is 77.3 cm³/mol. The fourth-order valence-electron chi connectivity index (χ4n) is 3.20. The summed E-state index contributed by atoms with van der Waals surface area (Å²) in [6, 6.07) is 5.46. The summed E-state index contributed by atoms with van der Waals surface area (Å²) in [7, 11) is 3.21. The molecule has 1 aliphatic rings. The van der Waals surface area contributed by atoms with Gasteiger partial charge in [0.15, 0.2) is 0 Å². The Labute approximate surface area is 120 Å². The van der Waals surface area contributed by atoms with E-state index >= 15 is 0 Å². The van der Waals surface area contributed by atoms with Gasteiger partial charge in [0.25, 0.3) is 0 Å². The first kappa shape index (κ1) is 15.1. The molecule has 1 aromatic carbocycles. The molecule has 20 heavy (non-hydrogen) atoms. The van der Waals surface area contributed by atoms with Gasteiger partial charge in [-0.05, 0) is 45.9 Å². The van der Waals surface area contributed by atoms with Crippen LogP contribution in [0, 0.1) is 0 Å². The molecule has 0 aliphatic carbocycles. The van der Waals surface area contributed by atoms with Gasteiger partial charge in [-0.2, -0.15) is 0 Å². The Kier molecular flexibility index (Phi) is 3.51. The zero-order chi connectivity index (χ0) is 15.2. The van der Waals surface area contributed by atoms with Crippen molar-refractivity contribution in [2.75, 3.05) is 14.2 Å². The van der Waals surface area contributed by atoms with Crippen molar-refractivity contribution in [3.05, 3.63) is 23.8 Å². The molecule has 1 aliphatic heterocycles. The Balaban J connectivity index is 2.59. The van der Waals surface area contributed by atoms with Crippen molar-refractivity contribution in [2.45, 2.75) is 50.9 Å². The second kappa shape index (κ2) is 4.64. The molecule has 0 spiro atoms. The molecule has 0 radical (unpaired) electrons. The predicted octanol–water partition coefficient (Wildman–Crippen LogP) is 2.87. The van der Waals surface area contributed by atoms with Crippen LogP contribution in [0.3, 0.4) is 0 Å². The van der Waals surface area contributed by atoms with Gasteiger partial charge in [-0.3, -0.25) is 0 Å². The van der Waals surface area contributed by atoms with Crippen LogP contribution in [0.4, 0.5) is 0 Å². The maximum atomic E-state index is 11.3. The van der Waals surface area contributed by atoms with Crippen molar-refractivity contribution >= 4 is 0 Å². The zero-order valence-corrected chi connectivity index (χ0v) is 13.1. The van der Waals surface area contributed by atoms with E-state index in [0.29, 0.717) is 23.5 Å². The molecule has 4 nitrogen and oxygen atoms in total. The number of hydrogen-bond acceptors (Lipinski definition) is 4. The van der Waals surface area contributed by atoms with E-state index in [-0.39, 0.29) is 0 Å². The lowest BCUT2D eigenvalue weighted by molar-refractivity contribution is -0.130. The highest BCUT2D eigenvalue weighted by Crippen LogP contribution is 2.53. The molecule has 1 unspecified atom stereocenters. The van der Waals surface area contributed by atoms with Crippen molar-refractivity contribution in [3.8, 4) is 11.5 Å². The van der Waals surface area contributed by atoms with Gasteiger partial charge in [-0.1, -0.05) is 0 Å². The Hall–Kier alpha value is -1.26. The topological polar surface area (TPSA) is 47.9 Å². The summed E-state index contributed by atoms with van der Waals surface area (Å²) in [5.41, 5.74) is -1.53. The van der Waals surface area contributed by atoms with Gasteiger partial charge in [0.2, 0.25) is 0 Å². The van der Waals surface area contributed by atoms with Crippen LogP contribution in [0.15, 0.2) is 18.2 Å². The van der Waals surface area contributed by atoms with E-state index in [1.165, 1.54) is 0 Å². The lowest BCUT2D eigenvalue weighted by Crippen LogP contribution is -2.43. The molecule has 1 fully saturated rings. The summed E-state index contributed by atoms with van der Waals surface area (Å²) < 4.78 is 16.7. The first-order valence-electron chi connectivity index (χ1n) is 6.80. The molecule has 4 heteroatoms. The highest BCUT2D eigenvalue weighted by atomic mass is 16.6. The third-order valence-corrected chi connectivity index (χ3v) is 4.06. The van der Waals surface area contributed by atoms with E-state index in [4.69, 9.17) is 14.2 Å². The van der Waals surface area contributed by atoms with Gasteiger partial charge in [-0.15, -0.1) is 0 Å². The monoisotopic (exact) mass is 280 g/mol. The van der Waals surface area contributed by atoms with Crippen LogP contribution >= 0.6 is 0 Å². The normalized spacial score (nSPS) is 27.4. The van der Waals surface area contributed by atoms with Crippen molar-refractivity contribution in [1.82, 2.24) is 0 Å². The molecule has 1 N–H and O–H groups in total. The fraction of sp³-hybridized carbons (Fsp3) is 0.625. The number of hydrogen-bond donors (Lipinski definition) is 1. The van der Waals surface area contributed by atoms with Gasteiger partial charge >= 0.3 is 0 Å². The van der Waals surface area contributed by atoms with E-state index < -0.39 is 16.8 Å². The van der Waals surface area contributed by atoms with Crippen molar-refractivity contribution in [3.63, 3.8) is 0 Å². The summed E-state index contributed by atoms with van der Waals surface area (Å²) in [6.07, 6.45) is 0.497. The maximum Gasteiger partial charge on any atom is 0.125 e. The second-order valence-electron chi connectivity index (χ2n) is 6.48. The van der Waals surface area contributed by atoms with Gasteiger partial charge in [0.05, 0.1) is 25.4 Å². The summed E-state index contributed by atoms with van der Waals surface area (Å²) >= 11 is 0. The Morgan fingerprint density at radius 3 is 2.20 bits per heavy atom. The second-order valence-corrected chi connectivity index (χ2v) is 6.48. The lowest BCUT2D eigenvalue weighted by Gasteiger charge is -2.36. The van der Waals surface area contributed by atoms with Crippen LogP contribution in [0.25, 0.3) is 0 Å². The Morgan fingerprint density at radius 1 is 1.10 bits per heavy atom. The van der Waals surface area contributed by atoms with Gasteiger partial charge in [-0.25, -0.2) is 0 Å². The van der Waals surface area contributed by atoms with E-state index in [2.05, 4.69) is 0 Å². The number of ether oxygens (including phenoxy) is 3. The summed E-state index contributed by atoms with van der Waals surface area (Å²) in [4.78, 5) is 0. The summed E-state index contributed by atoms with van der Waals surface area (Å²) in [5, 5.41) is 11.3. The minimum atomic E-state index is -1.13. The number of aliphatic hydroxyl groups is 1. The molecule has 0 aromatic heterocycles. The first-order valence-corrected chi connectivity index (χ1v) is 6.80. The highest BCUT2D eigenvalue weighted by molar-refractivity contribution is 5.46. The van der Waals surface area contributed by atoms with E-state index in [1.54, 1.807) is 14.2 Å². The van der Waals surface area contributed by atoms with Gasteiger partial charge in [0, 0.05) is 12.0 Å². The summed E-state index contributed by atoms with van der Waals surface area (Å²) in [6.45, 7) is 7.78. The van der Waals surface area contributed by atoms with E-state index in [0.717, 1.165) is 0 Å². The van der Waals surface area contributed by atoms with Crippen LogP contribution < -0.4 is 9.47 Å². The molecule has 1 atom stereocenters. The number of benzene rings is 1. The van der Waals surface area contributed by atoms with Crippen molar-refractivity contribution in [2.24, 2.45) is 0 Å². The minimum Gasteiger partial charge on any atom is -0.497 e. The highest BCUT2D eigenvalue weighted by Gasteiger charge is 2.58. The molecule has 1 aromatic rings. The Bertz CT molecular complexity index is 507. The maximum absolute atomic E-state index is 11.3. The average Bonchev–Trinajstić information content (AvgIpc) is 2.52. The van der Waals surface area contributed by atoms with Crippen LogP contribution in [-0.2, 0) is 10.3 Å². The number of rotatable bonds is 3. The summed E-state index contributed by atoms with van der Waals surface area (Å²) in [5.74, 6) is 1.33. The van der Waals surface area contributed by atoms with Crippen LogP contribution in [-0.4, -0.2) is 30.5 Å². The molecular weight excluding hydrogens is 256 g/mol. The molecule has 2 rings (SSSR count). The standard InChI is InChI=1S/C16H24O4/c1-14(2)10-16(17,15(3,4)20-14)12-9-11(18-5)7-8-13(12)19-6/h7-9,17H,10H2,1-6H3. The van der Waals surface area contributed by atoms with Crippen LogP contribution in [0.5, 0.6) is 11.5 Å². The SMILES string of the molecule is COc1ccc(OC)c(C2(O)CC(C)(C)OC2(C)C)c1. The van der Waals surface area contributed by atoms with Crippen molar-refractivity contribution < 1.29 is 19.3 Å². The first-order chi connectivity index (χ1) is 9.15. The number of methoxy groups -OCH3 is 2. The minimum absolute atomic E-state index is 0.396. The Morgan fingerprint density at radius 2 is 1.75 bits per heavy atom. The molecule has 0 amide bonds. The molecule has 0 saturated carbocycles. The zero-order valence-electron chi connectivity index (χ0n) is 13.1. The van der Waals surface area contributed by atoms with Crippen LogP contribution in [0.2, 0.25) is 0 Å². The van der Waals surface area contributed by atoms with Gasteiger partial charge in [0.1, 0.15) is 17.1 Å². The molecule has 0 bridgehead atoms. The quantitative estimate of drug-likeness (QED) is 0.925. The average molecular weight is 280 g/mol. The largest absolute Gasteiger partial charge is 0.497 e. The van der Waals surface area contributed by atoms with E-state index in [9.17, 15) is 5.11 Å².